The van der Waals surface area contributed by atoms with Gasteiger partial charge in [0.05, 0.1) is 10.0 Å². The van der Waals surface area contributed by atoms with Crippen LogP contribution in [0.25, 0.3) is 0 Å². The number of rotatable bonds is 3. The predicted molar refractivity (Wildman–Crippen MR) is 69.3 cm³/mol. The summed E-state index contributed by atoms with van der Waals surface area (Å²) in [4.78, 5) is 11.5. The third kappa shape index (κ3) is 3.40. The second-order valence-electron chi connectivity index (χ2n) is 4.09. The van der Waals surface area contributed by atoms with Crippen molar-refractivity contribution in [1.82, 2.24) is 5.32 Å². The van der Waals surface area contributed by atoms with E-state index in [1.807, 2.05) is 0 Å². The lowest BCUT2D eigenvalue weighted by Gasteiger charge is -2.10. The average molecular weight is 324 g/mol. The molecular formula is C11H13BrClFN2O. The summed E-state index contributed by atoms with van der Waals surface area (Å²) in [5.74, 6) is -0.489. The molecular weight excluding hydrogens is 310 g/mol. The SMILES string of the molecule is Cl.NC1(C(=O)NCc2ccc(Br)c(F)c2)CC1. The van der Waals surface area contributed by atoms with Gasteiger partial charge < -0.3 is 11.1 Å². The number of nitrogens with one attached hydrogen (secondary N) is 1. The zero-order valence-corrected chi connectivity index (χ0v) is 11.4. The van der Waals surface area contributed by atoms with Gasteiger partial charge in [0.2, 0.25) is 5.91 Å². The van der Waals surface area contributed by atoms with Gasteiger partial charge in [0.1, 0.15) is 5.82 Å². The van der Waals surface area contributed by atoms with Gasteiger partial charge in [-0.15, -0.1) is 12.4 Å². The van der Waals surface area contributed by atoms with Crippen molar-refractivity contribution in [2.75, 3.05) is 0 Å². The molecule has 3 N–H and O–H groups in total. The summed E-state index contributed by atoms with van der Waals surface area (Å²) >= 11 is 3.07. The van der Waals surface area contributed by atoms with Crippen LogP contribution in [0, 0.1) is 5.82 Å². The molecule has 17 heavy (non-hydrogen) atoms. The summed E-state index contributed by atoms with van der Waals surface area (Å²) in [5.41, 5.74) is 5.76. The second-order valence-corrected chi connectivity index (χ2v) is 4.94. The second kappa shape index (κ2) is 5.33. The van der Waals surface area contributed by atoms with E-state index in [1.165, 1.54) is 6.07 Å². The Morgan fingerprint density at radius 3 is 2.71 bits per heavy atom. The van der Waals surface area contributed by atoms with E-state index in [2.05, 4.69) is 21.2 Å². The monoisotopic (exact) mass is 322 g/mol. The van der Waals surface area contributed by atoms with Crippen molar-refractivity contribution >= 4 is 34.2 Å². The van der Waals surface area contributed by atoms with Gasteiger partial charge in [-0.05, 0) is 46.5 Å². The fraction of sp³-hybridized carbons (Fsp3) is 0.364. The maximum Gasteiger partial charge on any atom is 0.240 e. The van der Waals surface area contributed by atoms with Crippen LogP contribution in [0.2, 0.25) is 0 Å². The van der Waals surface area contributed by atoms with Gasteiger partial charge in [-0.25, -0.2) is 4.39 Å². The Bertz CT molecular complexity index is 437. The van der Waals surface area contributed by atoms with Gasteiger partial charge in [0.15, 0.2) is 0 Å². The largest absolute Gasteiger partial charge is 0.350 e. The summed E-state index contributed by atoms with van der Waals surface area (Å²) in [6.07, 6.45) is 1.46. The fourth-order valence-corrected chi connectivity index (χ4v) is 1.62. The Kier molecular flexibility index (Phi) is 4.52. The molecule has 0 unspecified atom stereocenters. The highest BCUT2D eigenvalue weighted by Crippen LogP contribution is 2.32. The molecule has 3 nitrogen and oxygen atoms in total. The van der Waals surface area contributed by atoms with E-state index in [0.29, 0.717) is 11.0 Å². The molecule has 0 heterocycles. The first-order valence-electron chi connectivity index (χ1n) is 5.02. The van der Waals surface area contributed by atoms with E-state index in [-0.39, 0.29) is 24.1 Å². The van der Waals surface area contributed by atoms with Crippen LogP contribution in [0.3, 0.4) is 0 Å². The number of carbonyl (C=O) groups is 1. The minimum absolute atomic E-state index is 0. The molecule has 2 rings (SSSR count). The van der Waals surface area contributed by atoms with Crippen LogP contribution >= 0.6 is 28.3 Å². The Hall–Kier alpha value is -0.650. The zero-order valence-electron chi connectivity index (χ0n) is 9.00. The first-order chi connectivity index (χ1) is 7.51. The minimum atomic E-state index is -0.673. The van der Waals surface area contributed by atoms with Crippen LogP contribution in [0.15, 0.2) is 22.7 Å². The number of benzene rings is 1. The maximum absolute atomic E-state index is 13.2. The van der Waals surface area contributed by atoms with Crippen molar-refractivity contribution in [3.8, 4) is 0 Å². The molecule has 1 aromatic carbocycles. The smallest absolute Gasteiger partial charge is 0.240 e. The Morgan fingerprint density at radius 2 is 2.18 bits per heavy atom. The molecule has 0 radical (unpaired) electrons. The lowest BCUT2D eigenvalue weighted by atomic mass is 10.2. The van der Waals surface area contributed by atoms with E-state index >= 15 is 0 Å². The number of amides is 1. The summed E-state index contributed by atoms with van der Waals surface area (Å²) in [6.45, 7) is 0.308. The number of carbonyl (C=O) groups excluding carboxylic acids is 1. The molecule has 1 aromatic rings. The quantitative estimate of drug-likeness (QED) is 0.895. The number of nitrogens with two attached hydrogens (primary N) is 1. The first kappa shape index (κ1) is 14.4. The number of hydrogen-bond acceptors (Lipinski definition) is 2. The van der Waals surface area contributed by atoms with Gasteiger partial charge in [-0.3, -0.25) is 4.79 Å². The first-order valence-corrected chi connectivity index (χ1v) is 5.82. The molecule has 1 aliphatic rings. The predicted octanol–water partition coefficient (Wildman–Crippen LogP) is 2.12. The molecule has 1 fully saturated rings. The minimum Gasteiger partial charge on any atom is -0.350 e. The molecule has 0 aliphatic heterocycles. The van der Waals surface area contributed by atoms with Crippen LogP contribution in [0.1, 0.15) is 18.4 Å². The number of halogens is 3. The van der Waals surface area contributed by atoms with Crippen LogP contribution < -0.4 is 11.1 Å². The molecule has 0 aromatic heterocycles. The van der Waals surface area contributed by atoms with Crippen molar-refractivity contribution in [3.63, 3.8) is 0 Å². The molecule has 0 saturated heterocycles. The Morgan fingerprint density at radius 1 is 1.53 bits per heavy atom. The topological polar surface area (TPSA) is 55.1 Å². The normalized spacial score (nSPS) is 15.9. The highest BCUT2D eigenvalue weighted by Gasteiger charge is 2.45. The molecule has 1 amide bonds. The molecule has 0 atom stereocenters. The Balaban J connectivity index is 0.00000144. The third-order valence-electron chi connectivity index (χ3n) is 2.68. The molecule has 0 bridgehead atoms. The van der Waals surface area contributed by atoms with Crippen LogP contribution in [0.5, 0.6) is 0 Å². The highest BCUT2D eigenvalue weighted by molar-refractivity contribution is 9.10. The molecule has 0 spiro atoms. The van der Waals surface area contributed by atoms with Gasteiger partial charge >= 0.3 is 0 Å². The molecule has 1 saturated carbocycles. The van der Waals surface area contributed by atoms with Crippen molar-refractivity contribution in [3.05, 3.63) is 34.1 Å². The maximum atomic E-state index is 13.2. The van der Waals surface area contributed by atoms with Gasteiger partial charge in [-0.1, -0.05) is 6.07 Å². The van der Waals surface area contributed by atoms with E-state index in [4.69, 9.17) is 5.73 Å². The molecule has 6 heteroatoms. The van der Waals surface area contributed by atoms with Gasteiger partial charge in [-0.2, -0.15) is 0 Å². The van der Waals surface area contributed by atoms with Crippen LogP contribution in [-0.4, -0.2) is 11.4 Å². The van der Waals surface area contributed by atoms with E-state index in [1.54, 1.807) is 12.1 Å². The van der Waals surface area contributed by atoms with Gasteiger partial charge in [0.25, 0.3) is 0 Å². The standard InChI is InChI=1S/C11H12BrFN2O.ClH/c12-8-2-1-7(5-9(8)13)6-15-10(16)11(14)3-4-11;/h1-2,5H,3-4,6,14H2,(H,15,16);1H. The molecule has 94 valence electrons. The summed E-state index contributed by atoms with van der Waals surface area (Å²) in [7, 11) is 0. The summed E-state index contributed by atoms with van der Waals surface area (Å²) in [5, 5.41) is 2.70. The summed E-state index contributed by atoms with van der Waals surface area (Å²) in [6, 6.07) is 4.76. The fourth-order valence-electron chi connectivity index (χ4n) is 1.37. The zero-order chi connectivity index (χ0) is 11.8. The summed E-state index contributed by atoms with van der Waals surface area (Å²) < 4.78 is 13.6. The van der Waals surface area contributed by atoms with Crippen LogP contribution in [-0.2, 0) is 11.3 Å². The van der Waals surface area contributed by atoms with Crippen molar-refractivity contribution < 1.29 is 9.18 Å². The van der Waals surface area contributed by atoms with E-state index in [0.717, 1.165) is 18.4 Å². The lowest BCUT2D eigenvalue weighted by molar-refractivity contribution is -0.123. The number of hydrogen-bond donors (Lipinski definition) is 2. The van der Waals surface area contributed by atoms with Crippen LogP contribution in [0.4, 0.5) is 4.39 Å². The van der Waals surface area contributed by atoms with Crippen molar-refractivity contribution in [2.24, 2.45) is 5.73 Å². The third-order valence-corrected chi connectivity index (χ3v) is 3.32. The van der Waals surface area contributed by atoms with Crippen molar-refractivity contribution in [1.29, 1.82) is 0 Å². The van der Waals surface area contributed by atoms with Crippen molar-refractivity contribution in [2.45, 2.75) is 24.9 Å². The lowest BCUT2D eigenvalue weighted by Crippen LogP contribution is -2.42. The molecule has 1 aliphatic carbocycles. The Labute approximate surface area is 113 Å². The van der Waals surface area contributed by atoms with E-state index < -0.39 is 5.54 Å². The average Bonchev–Trinajstić information content (AvgIpc) is 2.99. The highest BCUT2D eigenvalue weighted by atomic mass is 79.9. The van der Waals surface area contributed by atoms with Gasteiger partial charge in [0, 0.05) is 6.54 Å². The van der Waals surface area contributed by atoms with E-state index in [9.17, 15) is 9.18 Å².